The van der Waals surface area contributed by atoms with Crippen molar-refractivity contribution in [3.8, 4) is 5.75 Å². The molecule has 1 aliphatic heterocycles. The number of rotatable bonds is 7. The molecule has 0 aliphatic carbocycles. The van der Waals surface area contributed by atoms with Crippen molar-refractivity contribution in [3.05, 3.63) is 78.4 Å². The number of amidine groups is 1. The van der Waals surface area contributed by atoms with E-state index in [2.05, 4.69) is 22.1 Å². The summed E-state index contributed by atoms with van der Waals surface area (Å²) in [6, 6.07) is 17.6. The summed E-state index contributed by atoms with van der Waals surface area (Å²) in [5, 5.41) is 11.1. The Hall–Kier alpha value is -2.86. The second kappa shape index (κ2) is 9.01. The first-order chi connectivity index (χ1) is 12.7. The minimum absolute atomic E-state index is 0.0521. The molecule has 132 valence electrons. The monoisotopic (exact) mass is 365 g/mol. The third-order valence-corrected chi connectivity index (χ3v) is 4.74. The third-order valence-electron chi connectivity index (χ3n) is 3.64. The molecule has 1 amide bonds. The average molecular weight is 365 g/mol. The lowest BCUT2D eigenvalue weighted by Gasteiger charge is -2.06. The van der Waals surface area contributed by atoms with E-state index >= 15 is 0 Å². The Balaban J connectivity index is 1.52. The lowest BCUT2D eigenvalue weighted by Crippen LogP contribution is -2.24. The first kappa shape index (κ1) is 17.9. The summed E-state index contributed by atoms with van der Waals surface area (Å²) in [6.07, 6.45) is 3.98. The van der Waals surface area contributed by atoms with Gasteiger partial charge in [-0.1, -0.05) is 48.2 Å². The number of benzene rings is 2. The maximum absolute atomic E-state index is 11.7. The number of nitrogens with one attached hydrogen (secondary N) is 1. The van der Waals surface area contributed by atoms with Crippen molar-refractivity contribution < 1.29 is 9.53 Å². The highest BCUT2D eigenvalue weighted by Gasteiger charge is 2.28. The van der Waals surface area contributed by atoms with Gasteiger partial charge < -0.3 is 10.1 Å². The molecule has 1 atom stereocenters. The average Bonchev–Trinajstić information content (AvgIpc) is 3.02. The van der Waals surface area contributed by atoms with Gasteiger partial charge in [-0.3, -0.25) is 4.79 Å². The van der Waals surface area contributed by atoms with Gasteiger partial charge >= 0.3 is 0 Å². The van der Waals surface area contributed by atoms with E-state index < -0.39 is 0 Å². The molecule has 1 saturated heterocycles. The summed E-state index contributed by atoms with van der Waals surface area (Å²) in [5.41, 5.74) is 2.03. The van der Waals surface area contributed by atoms with E-state index in [-0.39, 0.29) is 11.2 Å². The molecule has 1 unspecified atom stereocenters. The molecule has 6 heteroatoms. The van der Waals surface area contributed by atoms with Gasteiger partial charge in [-0.15, -0.1) is 11.7 Å². The van der Waals surface area contributed by atoms with E-state index in [1.807, 2.05) is 54.6 Å². The predicted molar refractivity (Wildman–Crippen MR) is 107 cm³/mol. The molecule has 26 heavy (non-hydrogen) atoms. The fraction of sp³-hybridized carbons (Fsp3) is 0.150. The molecule has 2 aromatic carbocycles. The summed E-state index contributed by atoms with van der Waals surface area (Å²) in [5.74, 6) is 0.743. The zero-order valence-electron chi connectivity index (χ0n) is 14.2. The highest BCUT2D eigenvalue weighted by molar-refractivity contribution is 8.15. The third kappa shape index (κ3) is 5.07. The maximum atomic E-state index is 11.7. The zero-order chi connectivity index (χ0) is 18.2. The number of allylic oxidation sites excluding steroid dienone is 1. The van der Waals surface area contributed by atoms with Gasteiger partial charge in [-0.2, -0.15) is 5.10 Å². The lowest BCUT2D eigenvalue weighted by molar-refractivity contribution is -0.118. The Kier molecular flexibility index (Phi) is 6.22. The summed E-state index contributed by atoms with van der Waals surface area (Å²) in [4.78, 5) is 11.7. The largest absolute Gasteiger partial charge is 0.489 e. The van der Waals surface area contributed by atoms with Crippen LogP contribution in [-0.2, 0) is 11.4 Å². The van der Waals surface area contributed by atoms with Crippen LogP contribution in [0.5, 0.6) is 5.75 Å². The molecule has 0 radical (unpaired) electrons. The smallest absolute Gasteiger partial charge is 0.239 e. The van der Waals surface area contributed by atoms with Crippen LogP contribution in [0.1, 0.15) is 17.5 Å². The number of ether oxygens (including phenoxy) is 1. The molecule has 2 aromatic rings. The lowest BCUT2D eigenvalue weighted by atomic mass is 10.2. The molecular formula is C20H19N3O2S. The van der Waals surface area contributed by atoms with Gasteiger partial charge in [-0.05, 0) is 41.8 Å². The minimum Gasteiger partial charge on any atom is -0.489 e. The molecule has 1 N–H and O–H groups in total. The Morgan fingerprint density at radius 2 is 1.92 bits per heavy atom. The van der Waals surface area contributed by atoms with Crippen LogP contribution in [0.25, 0.3) is 0 Å². The summed E-state index contributed by atoms with van der Waals surface area (Å²) in [7, 11) is 0. The maximum Gasteiger partial charge on any atom is 0.239 e. The van der Waals surface area contributed by atoms with Crippen molar-refractivity contribution in [1.29, 1.82) is 0 Å². The van der Waals surface area contributed by atoms with E-state index in [0.29, 0.717) is 18.2 Å². The van der Waals surface area contributed by atoms with Crippen LogP contribution in [0.4, 0.5) is 0 Å². The molecule has 3 rings (SSSR count). The molecule has 5 nitrogen and oxygen atoms in total. The van der Waals surface area contributed by atoms with Gasteiger partial charge in [-0.25, -0.2) is 0 Å². The fourth-order valence-corrected chi connectivity index (χ4v) is 3.22. The Morgan fingerprint density at radius 1 is 1.15 bits per heavy atom. The van der Waals surface area contributed by atoms with Gasteiger partial charge in [0.2, 0.25) is 5.91 Å². The number of hydrogen-bond acceptors (Lipinski definition) is 5. The number of nitrogens with zero attached hydrogens (tertiary/aromatic N) is 2. The van der Waals surface area contributed by atoms with Crippen LogP contribution in [0.15, 0.2) is 77.5 Å². The topological polar surface area (TPSA) is 63.1 Å². The minimum atomic E-state index is -0.164. The molecule has 0 saturated carbocycles. The van der Waals surface area contributed by atoms with E-state index in [0.717, 1.165) is 16.9 Å². The van der Waals surface area contributed by atoms with Gasteiger partial charge in [0.05, 0.1) is 11.5 Å². The van der Waals surface area contributed by atoms with Crippen molar-refractivity contribution >= 4 is 29.1 Å². The summed E-state index contributed by atoms with van der Waals surface area (Å²) >= 11 is 1.37. The standard InChI is InChI=1S/C20H19N3O2S/c1-2-6-18-19(24)22-20(26-18)23-21-13-15-9-11-17(12-10-15)25-14-16-7-4-3-5-8-16/h2-5,7-13,18H,1,6,14H2,(H,22,23,24)/b21-13+. The van der Waals surface area contributed by atoms with Crippen molar-refractivity contribution in [2.75, 3.05) is 0 Å². The molecule has 1 aliphatic rings. The second-order valence-electron chi connectivity index (χ2n) is 5.61. The van der Waals surface area contributed by atoms with Crippen LogP contribution in [-0.4, -0.2) is 22.5 Å². The number of carbonyl (C=O) groups is 1. The molecule has 0 bridgehead atoms. The number of hydrogen-bond donors (Lipinski definition) is 1. The summed E-state index contributed by atoms with van der Waals surface area (Å²) in [6.45, 7) is 4.18. The van der Waals surface area contributed by atoms with E-state index in [4.69, 9.17) is 4.74 Å². The van der Waals surface area contributed by atoms with Gasteiger partial charge in [0, 0.05) is 0 Å². The number of thioether (sulfide) groups is 1. The predicted octanol–water partition coefficient (Wildman–Crippen LogP) is 3.76. The first-order valence-electron chi connectivity index (χ1n) is 8.21. The SMILES string of the molecule is C=CCC1S/C(=N/N=C/c2ccc(OCc3ccccc3)cc2)NC1=O. The molecular weight excluding hydrogens is 346 g/mol. The van der Waals surface area contributed by atoms with Gasteiger partial charge in [0.25, 0.3) is 0 Å². The van der Waals surface area contributed by atoms with Crippen molar-refractivity contribution in [2.24, 2.45) is 10.2 Å². The normalized spacial score (nSPS) is 18.2. The molecule has 1 heterocycles. The molecule has 1 fully saturated rings. The van der Waals surface area contributed by atoms with Gasteiger partial charge in [0.1, 0.15) is 12.4 Å². The fourth-order valence-electron chi connectivity index (χ4n) is 2.30. The van der Waals surface area contributed by atoms with E-state index in [9.17, 15) is 4.79 Å². The van der Waals surface area contributed by atoms with Gasteiger partial charge in [0.15, 0.2) is 5.17 Å². The first-order valence-corrected chi connectivity index (χ1v) is 9.09. The zero-order valence-corrected chi connectivity index (χ0v) is 15.0. The highest BCUT2D eigenvalue weighted by atomic mass is 32.2. The molecule has 0 spiro atoms. The summed E-state index contributed by atoms with van der Waals surface area (Å²) < 4.78 is 5.75. The van der Waals surface area contributed by atoms with Crippen molar-refractivity contribution in [3.63, 3.8) is 0 Å². The Morgan fingerprint density at radius 3 is 2.65 bits per heavy atom. The van der Waals surface area contributed by atoms with Crippen molar-refractivity contribution in [1.82, 2.24) is 5.32 Å². The van der Waals surface area contributed by atoms with Crippen molar-refractivity contribution in [2.45, 2.75) is 18.3 Å². The Labute approximate surface area is 156 Å². The van der Waals surface area contributed by atoms with Crippen LogP contribution in [0, 0.1) is 0 Å². The Bertz CT molecular complexity index is 817. The van der Waals surface area contributed by atoms with Crippen LogP contribution in [0.2, 0.25) is 0 Å². The van der Waals surface area contributed by atoms with E-state index in [1.165, 1.54) is 11.8 Å². The van der Waals surface area contributed by atoms with E-state index in [1.54, 1.807) is 12.3 Å². The van der Waals surface area contributed by atoms with Crippen LogP contribution >= 0.6 is 11.8 Å². The number of carbonyl (C=O) groups excluding carboxylic acids is 1. The molecule has 0 aromatic heterocycles. The van der Waals surface area contributed by atoms with Crippen LogP contribution in [0.3, 0.4) is 0 Å². The number of amides is 1. The van der Waals surface area contributed by atoms with Crippen LogP contribution < -0.4 is 10.1 Å². The highest BCUT2D eigenvalue weighted by Crippen LogP contribution is 2.22. The quantitative estimate of drug-likeness (QED) is 0.462. The second-order valence-corrected chi connectivity index (χ2v) is 6.80.